The lowest BCUT2D eigenvalue weighted by Gasteiger charge is -2.19. The third-order valence-corrected chi connectivity index (χ3v) is 5.27. The van der Waals surface area contributed by atoms with E-state index >= 15 is 0 Å². The number of sulfonamides is 1. The summed E-state index contributed by atoms with van der Waals surface area (Å²) in [5.41, 5.74) is 3.19. The van der Waals surface area contributed by atoms with Gasteiger partial charge in [-0.2, -0.15) is 4.31 Å². The topological polar surface area (TPSA) is 66.5 Å². The first-order valence-electron chi connectivity index (χ1n) is 8.66. The highest BCUT2D eigenvalue weighted by Crippen LogP contribution is 2.10. The lowest BCUT2D eigenvalue weighted by Crippen LogP contribution is -2.40. The number of nitrogens with zero attached hydrogens (tertiary/aromatic N) is 1. The van der Waals surface area contributed by atoms with E-state index in [1.165, 1.54) is 9.87 Å². The first-order valence-corrected chi connectivity index (χ1v) is 10.5. The summed E-state index contributed by atoms with van der Waals surface area (Å²) in [4.78, 5) is 12.1. The van der Waals surface area contributed by atoms with Crippen molar-refractivity contribution in [1.29, 1.82) is 0 Å². The Morgan fingerprint density at radius 2 is 1.65 bits per heavy atom. The maximum Gasteiger partial charge on any atom is 0.235 e. The molecule has 0 aliphatic rings. The van der Waals surface area contributed by atoms with Crippen LogP contribution in [0, 0.1) is 6.92 Å². The molecule has 0 radical (unpaired) electrons. The van der Waals surface area contributed by atoms with E-state index in [0.29, 0.717) is 6.54 Å². The smallest absolute Gasteiger partial charge is 0.235 e. The van der Waals surface area contributed by atoms with Crippen LogP contribution in [-0.2, 0) is 27.8 Å². The summed E-state index contributed by atoms with van der Waals surface area (Å²) in [5, 5.41) is 2.81. The predicted octanol–water partition coefficient (Wildman–Crippen LogP) is 2.51. The van der Waals surface area contributed by atoms with Gasteiger partial charge in [0.1, 0.15) is 0 Å². The summed E-state index contributed by atoms with van der Waals surface area (Å²) in [6, 6.07) is 17.7. The van der Waals surface area contributed by atoms with E-state index < -0.39 is 10.0 Å². The highest BCUT2D eigenvalue weighted by atomic mass is 32.2. The van der Waals surface area contributed by atoms with Gasteiger partial charge in [0.15, 0.2) is 0 Å². The molecule has 2 aromatic rings. The summed E-state index contributed by atoms with van der Waals surface area (Å²) in [7, 11) is -3.47. The SMILES string of the molecule is Cc1ccc(CN(CC(=O)NCCCc2ccccc2)S(C)(=O)=O)cc1. The van der Waals surface area contributed by atoms with Gasteiger partial charge < -0.3 is 5.32 Å². The van der Waals surface area contributed by atoms with Crippen LogP contribution < -0.4 is 5.32 Å². The van der Waals surface area contributed by atoms with Crippen LogP contribution in [-0.4, -0.2) is 38.0 Å². The van der Waals surface area contributed by atoms with Crippen LogP contribution in [0.2, 0.25) is 0 Å². The average Bonchev–Trinajstić information content (AvgIpc) is 2.60. The third kappa shape index (κ3) is 6.98. The lowest BCUT2D eigenvalue weighted by molar-refractivity contribution is -0.121. The molecule has 0 saturated heterocycles. The minimum absolute atomic E-state index is 0.169. The van der Waals surface area contributed by atoms with Gasteiger partial charge >= 0.3 is 0 Å². The van der Waals surface area contributed by atoms with Gasteiger partial charge in [-0.25, -0.2) is 8.42 Å². The van der Waals surface area contributed by atoms with Gasteiger partial charge in [-0.05, 0) is 30.9 Å². The fraction of sp³-hybridized carbons (Fsp3) is 0.350. The second-order valence-electron chi connectivity index (χ2n) is 6.46. The number of rotatable bonds is 9. The van der Waals surface area contributed by atoms with Crippen LogP contribution in [0.5, 0.6) is 0 Å². The largest absolute Gasteiger partial charge is 0.355 e. The molecule has 0 heterocycles. The van der Waals surface area contributed by atoms with Crippen molar-refractivity contribution in [3.8, 4) is 0 Å². The summed E-state index contributed by atoms with van der Waals surface area (Å²) in [5.74, 6) is -0.282. The van der Waals surface area contributed by atoms with Crippen molar-refractivity contribution in [3.05, 3.63) is 71.3 Å². The Hall–Kier alpha value is -2.18. The molecule has 1 amide bonds. The Balaban J connectivity index is 1.83. The summed E-state index contributed by atoms with van der Waals surface area (Å²) in [6.07, 6.45) is 2.82. The quantitative estimate of drug-likeness (QED) is 0.686. The molecule has 5 nitrogen and oxygen atoms in total. The molecule has 0 unspecified atom stereocenters. The van der Waals surface area contributed by atoms with E-state index in [-0.39, 0.29) is 19.0 Å². The molecular formula is C20H26N2O3S. The van der Waals surface area contributed by atoms with Crippen molar-refractivity contribution in [1.82, 2.24) is 9.62 Å². The first-order chi connectivity index (χ1) is 12.3. The van der Waals surface area contributed by atoms with E-state index in [2.05, 4.69) is 17.4 Å². The zero-order valence-corrected chi connectivity index (χ0v) is 16.1. The molecule has 2 rings (SSSR count). The van der Waals surface area contributed by atoms with Crippen LogP contribution in [0.15, 0.2) is 54.6 Å². The van der Waals surface area contributed by atoms with Crippen LogP contribution >= 0.6 is 0 Å². The highest BCUT2D eigenvalue weighted by molar-refractivity contribution is 7.88. The molecule has 26 heavy (non-hydrogen) atoms. The highest BCUT2D eigenvalue weighted by Gasteiger charge is 2.20. The number of hydrogen-bond acceptors (Lipinski definition) is 3. The van der Waals surface area contributed by atoms with E-state index in [0.717, 1.165) is 30.2 Å². The minimum Gasteiger partial charge on any atom is -0.355 e. The summed E-state index contributed by atoms with van der Waals surface area (Å²) < 4.78 is 25.2. The van der Waals surface area contributed by atoms with E-state index in [1.807, 2.05) is 49.4 Å². The fourth-order valence-electron chi connectivity index (χ4n) is 2.57. The predicted molar refractivity (Wildman–Crippen MR) is 104 cm³/mol. The van der Waals surface area contributed by atoms with Gasteiger partial charge in [0.05, 0.1) is 12.8 Å². The molecule has 0 saturated carbocycles. The van der Waals surface area contributed by atoms with Gasteiger partial charge in [0.2, 0.25) is 15.9 Å². The number of hydrogen-bond donors (Lipinski definition) is 1. The van der Waals surface area contributed by atoms with Gasteiger partial charge in [0.25, 0.3) is 0 Å². The second kappa shape index (κ2) is 9.50. The van der Waals surface area contributed by atoms with Crippen molar-refractivity contribution >= 4 is 15.9 Å². The molecule has 140 valence electrons. The second-order valence-corrected chi connectivity index (χ2v) is 8.44. The van der Waals surface area contributed by atoms with Crippen molar-refractivity contribution in [2.24, 2.45) is 0 Å². The summed E-state index contributed by atoms with van der Waals surface area (Å²) in [6.45, 7) is 2.52. The summed E-state index contributed by atoms with van der Waals surface area (Å²) >= 11 is 0. The molecule has 0 aromatic heterocycles. The Morgan fingerprint density at radius 1 is 1.00 bits per heavy atom. The van der Waals surface area contributed by atoms with Crippen LogP contribution in [0.4, 0.5) is 0 Å². The van der Waals surface area contributed by atoms with Gasteiger partial charge in [0, 0.05) is 13.1 Å². The van der Waals surface area contributed by atoms with E-state index in [4.69, 9.17) is 0 Å². The molecule has 0 spiro atoms. The zero-order chi connectivity index (χ0) is 19.0. The van der Waals surface area contributed by atoms with Crippen LogP contribution in [0.1, 0.15) is 23.1 Å². The number of benzene rings is 2. The standard InChI is InChI=1S/C20H26N2O3S/c1-17-10-12-19(13-11-17)15-22(26(2,24)25)16-20(23)21-14-6-9-18-7-4-3-5-8-18/h3-5,7-8,10-13H,6,9,14-16H2,1-2H3,(H,21,23). The zero-order valence-electron chi connectivity index (χ0n) is 15.3. The molecule has 2 aromatic carbocycles. The number of nitrogens with one attached hydrogen (secondary N) is 1. The van der Waals surface area contributed by atoms with Gasteiger partial charge in [-0.1, -0.05) is 60.2 Å². The molecule has 0 aliphatic carbocycles. The van der Waals surface area contributed by atoms with E-state index in [9.17, 15) is 13.2 Å². The molecule has 0 aliphatic heterocycles. The van der Waals surface area contributed by atoms with Crippen molar-refractivity contribution in [2.45, 2.75) is 26.3 Å². The normalized spacial score (nSPS) is 11.5. The molecule has 0 fully saturated rings. The van der Waals surface area contributed by atoms with Gasteiger partial charge in [-0.3, -0.25) is 4.79 Å². The van der Waals surface area contributed by atoms with Crippen LogP contribution in [0.3, 0.4) is 0 Å². The molecular weight excluding hydrogens is 348 g/mol. The molecule has 0 atom stereocenters. The Bertz CT molecular complexity index is 803. The van der Waals surface area contributed by atoms with Crippen molar-refractivity contribution in [2.75, 3.05) is 19.3 Å². The number of aryl methyl sites for hydroxylation is 2. The maximum absolute atomic E-state index is 12.1. The Morgan fingerprint density at radius 3 is 2.27 bits per heavy atom. The fourth-order valence-corrected chi connectivity index (χ4v) is 3.30. The molecule has 1 N–H and O–H groups in total. The van der Waals surface area contributed by atoms with Gasteiger partial charge in [-0.15, -0.1) is 0 Å². The van der Waals surface area contributed by atoms with Crippen molar-refractivity contribution in [3.63, 3.8) is 0 Å². The number of carbonyl (C=O) groups is 1. The Labute approximate surface area is 156 Å². The monoisotopic (exact) mass is 374 g/mol. The van der Waals surface area contributed by atoms with Crippen molar-refractivity contribution < 1.29 is 13.2 Å². The van der Waals surface area contributed by atoms with E-state index in [1.54, 1.807) is 0 Å². The number of amides is 1. The molecule has 6 heteroatoms. The third-order valence-electron chi connectivity index (χ3n) is 4.08. The minimum atomic E-state index is -3.47. The maximum atomic E-state index is 12.1. The van der Waals surface area contributed by atoms with Crippen LogP contribution in [0.25, 0.3) is 0 Å². The number of carbonyl (C=O) groups excluding carboxylic acids is 1. The average molecular weight is 375 g/mol. The lowest BCUT2D eigenvalue weighted by atomic mass is 10.1. The Kier molecular flexibility index (Phi) is 7.36. The molecule has 0 bridgehead atoms. The first kappa shape index (κ1) is 20.1.